The van der Waals surface area contributed by atoms with Gasteiger partial charge in [-0.15, -0.1) is 12.4 Å². The predicted octanol–water partition coefficient (Wildman–Crippen LogP) is 3.11. The molecular weight excluding hydrogens is 323 g/mol. The number of hydrogen-bond acceptors (Lipinski definition) is 3. The zero-order valence-electron chi connectivity index (χ0n) is 13.0. The minimum atomic E-state index is -0.539. The molecule has 1 aliphatic heterocycles. The first-order chi connectivity index (χ1) is 10.0. The van der Waals surface area contributed by atoms with E-state index in [1.165, 1.54) is 0 Å². The molecule has 0 saturated carbocycles. The molecule has 3 atom stereocenters. The molecule has 0 spiro atoms. The summed E-state index contributed by atoms with van der Waals surface area (Å²) >= 11 is 5.93. The second-order valence-electron chi connectivity index (χ2n) is 5.67. The molecule has 1 fully saturated rings. The van der Waals surface area contributed by atoms with E-state index in [0.29, 0.717) is 23.2 Å². The minimum absolute atomic E-state index is 0. The van der Waals surface area contributed by atoms with Gasteiger partial charge in [0.1, 0.15) is 5.75 Å². The summed E-state index contributed by atoms with van der Waals surface area (Å²) < 4.78 is 5.72. The highest BCUT2D eigenvalue weighted by Crippen LogP contribution is 2.24. The van der Waals surface area contributed by atoms with E-state index in [-0.39, 0.29) is 24.4 Å². The summed E-state index contributed by atoms with van der Waals surface area (Å²) in [5, 5.41) is 0.596. The number of likely N-dealkylation sites (tertiary alicyclic amines) is 1. The number of nitrogens with two attached hydrogens (primary N) is 1. The van der Waals surface area contributed by atoms with Crippen molar-refractivity contribution in [1.82, 2.24) is 4.90 Å². The highest BCUT2D eigenvalue weighted by Gasteiger charge is 2.33. The molecule has 1 saturated heterocycles. The molecule has 2 rings (SSSR count). The predicted molar refractivity (Wildman–Crippen MR) is 91.7 cm³/mol. The van der Waals surface area contributed by atoms with Crippen molar-refractivity contribution in [1.29, 1.82) is 0 Å². The molecule has 1 aliphatic rings. The fraction of sp³-hybridized carbons (Fsp3) is 0.562. The first kappa shape index (κ1) is 19.1. The zero-order chi connectivity index (χ0) is 15.4. The fourth-order valence-electron chi connectivity index (χ4n) is 2.91. The Balaban J connectivity index is 0.00000242. The quantitative estimate of drug-likeness (QED) is 0.911. The van der Waals surface area contributed by atoms with Crippen LogP contribution in [0, 0.1) is 5.92 Å². The lowest BCUT2D eigenvalue weighted by Crippen LogP contribution is -2.54. The smallest absolute Gasteiger partial charge is 0.263 e. The van der Waals surface area contributed by atoms with Crippen LogP contribution >= 0.6 is 24.0 Å². The Hall–Kier alpha value is -0.970. The van der Waals surface area contributed by atoms with E-state index in [2.05, 4.69) is 6.92 Å². The summed E-state index contributed by atoms with van der Waals surface area (Å²) in [7, 11) is 0. The maximum absolute atomic E-state index is 12.6. The van der Waals surface area contributed by atoms with Crippen LogP contribution in [0.5, 0.6) is 5.75 Å². The van der Waals surface area contributed by atoms with E-state index >= 15 is 0 Å². The maximum atomic E-state index is 12.6. The van der Waals surface area contributed by atoms with Crippen LogP contribution in [-0.4, -0.2) is 36.0 Å². The van der Waals surface area contributed by atoms with E-state index in [9.17, 15) is 4.79 Å². The molecule has 0 aliphatic carbocycles. The van der Waals surface area contributed by atoms with E-state index in [0.717, 1.165) is 19.4 Å². The summed E-state index contributed by atoms with van der Waals surface area (Å²) in [6.45, 7) is 5.18. The van der Waals surface area contributed by atoms with Crippen LogP contribution in [0.15, 0.2) is 24.3 Å². The third-order valence-corrected chi connectivity index (χ3v) is 4.33. The summed E-state index contributed by atoms with van der Waals surface area (Å²) in [6, 6.07) is 7.20. The van der Waals surface area contributed by atoms with Gasteiger partial charge in [0.15, 0.2) is 6.10 Å². The average Bonchev–Trinajstić information content (AvgIpc) is 2.46. The average molecular weight is 347 g/mol. The topological polar surface area (TPSA) is 55.6 Å². The third kappa shape index (κ3) is 4.51. The van der Waals surface area contributed by atoms with E-state index in [1.807, 2.05) is 4.90 Å². The summed E-state index contributed by atoms with van der Waals surface area (Å²) in [5.74, 6) is 1.04. The Morgan fingerprint density at radius 3 is 2.91 bits per heavy atom. The molecule has 3 unspecified atom stereocenters. The van der Waals surface area contributed by atoms with E-state index in [4.69, 9.17) is 22.1 Å². The number of piperidine rings is 1. The van der Waals surface area contributed by atoms with Gasteiger partial charge in [-0.2, -0.15) is 0 Å². The number of halogens is 2. The Bertz CT molecular complexity index is 499. The summed E-state index contributed by atoms with van der Waals surface area (Å²) in [6.07, 6.45) is 1.60. The minimum Gasteiger partial charge on any atom is -0.481 e. The molecule has 6 heteroatoms. The van der Waals surface area contributed by atoms with Crippen LogP contribution < -0.4 is 10.5 Å². The van der Waals surface area contributed by atoms with Gasteiger partial charge in [-0.05, 0) is 43.9 Å². The van der Waals surface area contributed by atoms with E-state index in [1.54, 1.807) is 31.2 Å². The van der Waals surface area contributed by atoms with Crippen molar-refractivity contribution in [2.45, 2.75) is 38.8 Å². The Morgan fingerprint density at radius 2 is 2.27 bits per heavy atom. The first-order valence-corrected chi connectivity index (χ1v) is 7.83. The van der Waals surface area contributed by atoms with Crippen LogP contribution in [0.4, 0.5) is 0 Å². The van der Waals surface area contributed by atoms with Gasteiger partial charge in [-0.25, -0.2) is 0 Å². The largest absolute Gasteiger partial charge is 0.481 e. The number of carbonyl (C=O) groups is 1. The van der Waals surface area contributed by atoms with Crippen LogP contribution in [0.2, 0.25) is 5.02 Å². The monoisotopic (exact) mass is 346 g/mol. The molecule has 2 N–H and O–H groups in total. The number of hydrogen-bond donors (Lipinski definition) is 1. The number of amides is 1. The van der Waals surface area contributed by atoms with Crippen LogP contribution in [0.1, 0.15) is 26.7 Å². The van der Waals surface area contributed by atoms with Gasteiger partial charge >= 0.3 is 0 Å². The van der Waals surface area contributed by atoms with Gasteiger partial charge in [0, 0.05) is 24.2 Å². The van der Waals surface area contributed by atoms with Gasteiger partial charge in [0.05, 0.1) is 0 Å². The maximum Gasteiger partial charge on any atom is 0.263 e. The Labute approximate surface area is 143 Å². The van der Waals surface area contributed by atoms with Gasteiger partial charge in [-0.1, -0.05) is 24.6 Å². The SMILES string of the molecule is CC(Oc1cccc(Cl)c1)C(=O)N1CCCC(C)C1CN.Cl. The second-order valence-corrected chi connectivity index (χ2v) is 6.11. The van der Waals surface area contributed by atoms with Crippen molar-refractivity contribution >= 4 is 29.9 Å². The van der Waals surface area contributed by atoms with Gasteiger partial charge in [0.25, 0.3) is 5.91 Å². The molecule has 0 bridgehead atoms. The van der Waals surface area contributed by atoms with Gasteiger partial charge < -0.3 is 15.4 Å². The number of rotatable bonds is 4. The number of ether oxygens (including phenoxy) is 1. The molecule has 1 aromatic rings. The lowest BCUT2D eigenvalue weighted by Gasteiger charge is -2.40. The number of carbonyl (C=O) groups excluding carboxylic acids is 1. The molecule has 0 aromatic heterocycles. The summed E-state index contributed by atoms with van der Waals surface area (Å²) in [4.78, 5) is 14.5. The highest BCUT2D eigenvalue weighted by molar-refractivity contribution is 6.30. The van der Waals surface area contributed by atoms with Crippen LogP contribution in [-0.2, 0) is 4.79 Å². The van der Waals surface area contributed by atoms with Crippen molar-refractivity contribution in [2.75, 3.05) is 13.1 Å². The third-order valence-electron chi connectivity index (χ3n) is 4.10. The standard InChI is InChI=1S/C16H23ClN2O2.ClH/c1-11-5-4-8-19(15(11)10-18)16(20)12(2)21-14-7-3-6-13(17)9-14;/h3,6-7,9,11-12,15H,4-5,8,10,18H2,1-2H3;1H. The lowest BCUT2D eigenvalue weighted by atomic mass is 9.90. The van der Waals surface area contributed by atoms with E-state index < -0.39 is 6.10 Å². The lowest BCUT2D eigenvalue weighted by molar-refractivity contribution is -0.142. The molecule has 4 nitrogen and oxygen atoms in total. The molecule has 0 radical (unpaired) electrons. The molecule has 1 heterocycles. The van der Waals surface area contributed by atoms with Crippen LogP contribution in [0.3, 0.4) is 0 Å². The molecule has 22 heavy (non-hydrogen) atoms. The number of nitrogens with zero attached hydrogens (tertiary/aromatic N) is 1. The van der Waals surface area contributed by atoms with Crippen LogP contribution in [0.25, 0.3) is 0 Å². The molecule has 1 amide bonds. The molecule has 1 aromatic carbocycles. The molecular formula is C16H24Cl2N2O2. The van der Waals surface area contributed by atoms with Crippen molar-refractivity contribution in [3.63, 3.8) is 0 Å². The van der Waals surface area contributed by atoms with Gasteiger partial charge in [0.2, 0.25) is 0 Å². The molecule has 124 valence electrons. The Kier molecular flexibility index (Phi) is 7.46. The first-order valence-electron chi connectivity index (χ1n) is 7.45. The van der Waals surface area contributed by atoms with Crippen molar-refractivity contribution in [3.05, 3.63) is 29.3 Å². The van der Waals surface area contributed by atoms with Crippen molar-refractivity contribution in [3.8, 4) is 5.75 Å². The summed E-state index contributed by atoms with van der Waals surface area (Å²) in [5.41, 5.74) is 5.84. The number of benzene rings is 1. The highest BCUT2D eigenvalue weighted by atomic mass is 35.5. The van der Waals surface area contributed by atoms with Crippen molar-refractivity contribution < 1.29 is 9.53 Å². The van der Waals surface area contributed by atoms with Crippen molar-refractivity contribution in [2.24, 2.45) is 11.7 Å². The normalized spacial score (nSPS) is 22.6. The zero-order valence-corrected chi connectivity index (χ0v) is 14.6. The second kappa shape index (κ2) is 8.61. The fourth-order valence-corrected chi connectivity index (χ4v) is 3.09. The van der Waals surface area contributed by atoms with Gasteiger partial charge in [-0.3, -0.25) is 4.79 Å². The Morgan fingerprint density at radius 1 is 1.55 bits per heavy atom.